The lowest BCUT2D eigenvalue weighted by atomic mass is 9.58. The van der Waals surface area contributed by atoms with Crippen LogP contribution < -0.4 is 11.2 Å². The van der Waals surface area contributed by atoms with E-state index in [2.05, 4.69) is 4.98 Å². The van der Waals surface area contributed by atoms with Gasteiger partial charge in [-0.1, -0.05) is 13.8 Å². The molecule has 2 heterocycles. The molecule has 0 spiro atoms. The SMILES string of the molecule is CCCn1c(=O)c2[nH]c(C34CCC(OCC(=O)O)(CC3)CC4)nc2n(CCC)c1=O. The van der Waals surface area contributed by atoms with Gasteiger partial charge in [-0.15, -0.1) is 0 Å². The highest BCUT2D eigenvalue weighted by molar-refractivity contribution is 5.70. The van der Waals surface area contributed by atoms with Crippen molar-refractivity contribution < 1.29 is 14.6 Å². The lowest BCUT2D eigenvalue weighted by Gasteiger charge is -2.52. The van der Waals surface area contributed by atoms with Gasteiger partial charge < -0.3 is 14.8 Å². The molecule has 0 amide bonds. The highest BCUT2D eigenvalue weighted by Gasteiger charge is 2.51. The summed E-state index contributed by atoms with van der Waals surface area (Å²) in [6.07, 6.45) is 6.29. The molecule has 2 aromatic heterocycles. The Balaban J connectivity index is 1.72. The number of aliphatic carboxylic acids is 1. The van der Waals surface area contributed by atoms with E-state index < -0.39 is 5.97 Å². The summed E-state index contributed by atoms with van der Waals surface area (Å²) in [5.74, 6) is -0.166. The van der Waals surface area contributed by atoms with Gasteiger partial charge in [0, 0.05) is 18.5 Å². The van der Waals surface area contributed by atoms with E-state index in [0.29, 0.717) is 30.7 Å². The van der Waals surface area contributed by atoms with Crippen molar-refractivity contribution in [2.45, 2.75) is 89.3 Å². The number of carboxylic acid groups (broad SMARTS) is 1. The smallest absolute Gasteiger partial charge is 0.332 e. The minimum Gasteiger partial charge on any atom is -0.480 e. The molecule has 0 aliphatic heterocycles. The molecule has 3 aliphatic rings. The molecule has 0 atom stereocenters. The zero-order valence-corrected chi connectivity index (χ0v) is 17.7. The van der Waals surface area contributed by atoms with Crippen LogP contribution >= 0.6 is 0 Å². The highest BCUT2D eigenvalue weighted by Crippen LogP contribution is 2.54. The van der Waals surface area contributed by atoms with Gasteiger partial charge in [0.1, 0.15) is 17.9 Å². The fourth-order valence-electron chi connectivity index (χ4n) is 5.20. The van der Waals surface area contributed by atoms with Gasteiger partial charge in [0.05, 0.1) is 5.60 Å². The molecule has 30 heavy (non-hydrogen) atoms. The van der Waals surface area contributed by atoms with E-state index >= 15 is 0 Å². The van der Waals surface area contributed by atoms with Crippen molar-refractivity contribution in [1.82, 2.24) is 19.1 Å². The lowest BCUT2D eigenvalue weighted by molar-refractivity contribution is -0.160. The second-order valence-electron chi connectivity index (χ2n) is 8.82. The van der Waals surface area contributed by atoms with Crippen LogP contribution in [0.15, 0.2) is 9.59 Å². The maximum Gasteiger partial charge on any atom is 0.332 e. The summed E-state index contributed by atoms with van der Waals surface area (Å²) >= 11 is 0. The number of ether oxygens (including phenoxy) is 1. The van der Waals surface area contributed by atoms with E-state index in [1.54, 1.807) is 4.57 Å². The molecule has 2 aromatic rings. The fourth-order valence-corrected chi connectivity index (χ4v) is 5.20. The third kappa shape index (κ3) is 3.29. The molecular weight excluding hydrogens is 388 g/mol. The number of fused-ring (bicyclic) bond motifs is 4. The van der Waals surface area contributed by atoms with Crippen LogP contribution in [0.1, 0.15) is 71.0 Å². The Bertz CT molecular complexity index is 1050. The van der Waals surface area contributed by atoms with E-state index in [1.807, 2.05) is 13.8 Å². The first kappa shape index (κ1) is 20.8. The number of aromatic amines is 1. The number of H-pyrrole nitrogens is 1. The number of rotatable bonds is 8. The lowest BCUT2D eigenvalue weighted by Crippen LogP contribution is -2.50. The Hall–Kier alpha value is -2.42. The van der Waals surface area contributed by atoms with Crippen LogP contribution in [0.2, 0.25) is 0 Å². The maximum absolute atomic E-state index is 13.0. The average molecular weight is 418 g/mol. The number of nitrogens with one attached hydrogen (secondary N) is 1. The molecule has 0 unspecified atom stereocenters. The van der Waals surface area contributed by atoms with E-state index in [4.69, 9.17) is 14.8 Å². The molecule has 3 saturated carbocycles. The number of hydrogen-bond donors (Lipinski definition) is 2. The number of carboxylic acids is 1. The molecule has 2 N–H and O–H groups in total. The van der Waals surface area contributed by atoms with Crippen LogP contribution in [0, 0.1) is 0 Å². The van der Waals surface area contributed by atoms with Crippen molar-refractivity contribution in [1.29, 1.82) is 0 Å². The van der Waals surface area contributed by atoms with E-state index in [-0.39, 0.29) is 28.9 Å². The molecular formula is C21H30N4O5. The van der Waals surface area contributed by atoms with E-state index in [9.17, 15) is 14.4 Å². The number of hydrogen-bond acceptors (Lipinski definition) is 5. The monoisotopic (exact) mass is 418 g/mol. The number of imidazole rings is 1. The molecule has 3 fully saturated rings. The third-order valence-corrected chi connectivity index (χ3v) is 6.94. The average Bonchev–Trinajstić information content (AvgIpc) is 3.20. The number of aromatic nitrogens is 4. The standard InChI is InChI=1S/C21H30N4O5/c1-3-11-24-16-15(17(28)25(12-4-2)19(24)29)22-18(23-16)20-5-8-21(9-6-20,10-7-20)30-13-14(26)27/h3-13H2,1-2H3,(H,22,23)(H,26,27). The first-order valence-electron chi connectivity index (χ1n) is 10.9. The Labute approximate surface area is 174 Å². The minimum atomic E-state index is -0.943. The van der Waals surface area contributed by atoms with Crippen molar-refractivity contribution >= 4 is 17.1 Å². The predicted octanol–water partition coefficient (Wildman–Crippen LogP) is 2.15. The molecule has 3 aliphatic carbocycles. The molecule has 2 bridgehead atoms. The van der Waals surface area contributed by atoms with Gasteiger partial charge in [-0.25, -0.2) is 14.6 Å². The molecule has 5 rings (SSSR count). The Morgan fingerprint density at radius 3 is 2.23 bits per heavy atom. The van der Waals surface area contributed by atoms with Gasteiger partial charge >= 0.3 is 11.7 Å². The van der Waals surface area contributed by atoms with Crippen molar-refractivity contribution in [3.05, 3.63) is 26.7 Å². The van der Waals surface area contributed by atoms with Gasteiger partial charge in [-0.3, -0.25) is 13.9 Å². The Morgan fingerprint density at radius 1 is 1.07 bits per heavy atom. The first-order chi connectivity index (χ1) is 14.3. The van der Waals surface area contributed by atoms with Crippen LogP contribution in [0.5, 0.6) is 0 Å². The van der Waals surface area contributed by atoms with Crippen molar-refractivity contribution in [2.24, 2.45) is 0 Å². The van der Waals surface area contributed by atoms with Gasteiger partial charge in [-0.2, -0.15) is 0 Å². The van der Waals surface area contributed by atoms with Crippen molar-refractivity contribution in [2.75, 3.05) is 6.61 Å². The molecule has 0 radical (unpaired) electrons. The summed E-state index contributed by atoms with van der Waals surface area (Å²) in [5, 5.41) is 8.96. The number of aryl methyl sites for hydroxylation is 1. The largest absolute Gasteiger partial charge is 0.480 e. The van der Waals surface area contributed by atoms with Crippen LogP contribution in [-0.4, -0.2) is 42.4 Å². The predicted molar refractivity (Wildman–Crippen MR) is 111 cm³/mol. The second kappa shape index (κ2) is 7.68. The van der Waals surface area contributed by atoms with Gasteiger partial charge in [0.25, 0.3) is 5.56 Å². The van der Waals surface area contributed by atoms with Gasteiger partial charge in [0.2, 0.25) is 0 Å². The summed E-state index contributed by atoms with van der Waals surface area (Å²) in [7, 11) is 0. The number of carbonyl (C=O) groups is 1. The first-order valence-corrected chi connectivity index (χ1v) is 10.9. The summed E-state index contributed by atoms with van der Waals surface area (Å²) < 4.78 is 8.69. The second-order valence-corrected chi connectivity index (χ2v) is 8.82. The van der Waals surface area contributed by atoms with Crippen LogP contribution in [0.3, 0.4) is 0 Å². The van der Waals surface area contributed by atoms with E-state index in [1.165, 1.54) is 4.57 Å². The summed E-state index contributed by atoms with van der Waals surface area (Å²) in [6, 6.07) is 0. The van der Waals surface area contributed by atoms with E-state index in [0.717, 1.165) is 50.8 Å². The Kier molecular flexibility index (Phi) is 5.34. The van der Waals surface area contributed by atoms with Gasteiger partial charge in [0.15, 0.2) is 5.65 Å². The quantitative estimate of drug-likeness (QED) is 0.678. The zero-order valence-electron chi connectivity index (χ0n) is 17.7. The minimum absolute atomic E-state index is 0.178. The highest BCUT2D eigenvalue weighted by atomic mass is 16.5. The summed E-state index contributed by atoms with van der Waals surface area (Å²) in [6.45, 7) is 4.58. The molecule has 164 valence electrons. The van der Waals surface area contributed by atoms with Crippen LogP contribution in [-0.2, 0) is 28.0 Å². The third-order valence-electron chi connectivity index (χ3n) is 6.94. The topological polar surface area (TPSA) is 119 Å². The summed E-state index contributed by atoms with van der Waals surface area (Å²) in [5.41, 5.74) is -0.268. The molecule has 0 aromatic carbocycles. The Morgan fingerprint density at radius 2 is 1.67 bits per heavy atom. The molecule has 0 saturated heterocycles. The van der Waals surface area contributed by atoms with Gasteiger partial charge in [-0.05, 0) is 51.4 Å². The molecule has 9 heteroatoms. The van der Waals surface area contributed by atoms with Crippen molar-refractivity contribution in [3.63, 3.8) is 0 Å². The van der Waals surface area contributed by atoms with Crippen molar-refractivity contribution in [3.8, 4) is 0 Å². The number of nitrogens with zero attached hydrogens (tertiary/aromatic N) is 3. The normalized spacial score (nSPS) is 25.8. The van der Waals surface area contributed by atoms with Crippen LogP contribution in [0.4, 0.5) is 0 Å². The van der Waals surface area contributed by atoms with Crippen LogP contribution in [0.25, 0.3) is 11.2 Å². The maximum atomic E-state index is 13.0. The summed E-state index contributed by atoms with van der Waals surface area (Å²) in [4.78, 5) is 44.9. The molecule has 9 nitrogen and oxygen atoms in total. The fraction of sp³-hybridized carbons (Fsp3) is 0.714. The zero-order chi connectivity index (χ0) is 21.5.